The topological polar surface area (TPSA) is 178 Å². The molecule has 0 bridgehead atoms. The van der Waals surface area contributed by atoms with Gasteiger partial charge in [-0.05, 0) is 53.1 Å². The molecule has 3 heterocycles. The fourth-order valence-corrected chi connectivity index (χ4v) is 7.34. The highest BCUT2D eigenvalue weighted by molar-refractivity contribution is 7.33. The number of aromatic nitrogens is 5. The van der Waals surface area contributed by atoms with Gasteiger partial charge in [-0.15, -0.1) is 5.10 Å². The Morgan fingerprint density at radius 3 is 2.07 bits per heavy atom. The molecular weight excluding hydrogens is 739 g/mol. The van der Waals surface area contributed by atoms with Gasteiger partial charge in [-0.1, -0.05) is 91.9 Å². The highest BCUT2D eigenvalue weighted by Crippen LogP contribution is 2.44. The second-order valence-corrected chi connectivity index (χ2v) is 14.2. The maximum Gasteiger partial charge on any atom is 0.368 e. The van der Waals surface area contributed by atoms with Crippen molar-refractivity contribution in [2.45, 2.75) is 44.3 Å². The summed E-state index contributed by atoms with van der Waals surface area (Å²) in [6, 6.07) is 33.8. The van der Waals surface area contributed by atoms with Crippen LogP contribution in [0.15, 0.2) is 114 Å². The Kier molecular flexibility index (Phi) is 11.6. The summed E-state index contributed by atoms with van der Waals surface area (Å²) in [5.41, 5.74) is 0.639. The smallest absolute Gasteiger partial charge is 0.368 e. The number of amides is 1. The number of benzene rings is 4. The van der Waals surface area contributed by atoms with Gasteiger partial charge in [0.1, 0.15) is 29.0 Å². The van der Waals surface area contributed by atoms with Crippen LogP contribution in [-0.4, -0.2) is 63.9 Å². The molecule has 0 radical (unpaired) electrons. The molecule has 1 amide bonds. The largest absolute Gasteiger partial charge is 0.497 e. The van der Waals surface area contributed by atoms with Crippen LogP contribution in [0.1, 0.15) is 43.2 Å². The lowest BCUT2D eigenvalue weighted by atomic mass is 9.80. The predicted molar refractivity (Wildman–Crippen MR) is 207 cm³/mol. The van der Waals surface area contributed by atoms with E-state index in [2.05, 4.69) is 25.6 Å². The van der Waals surface area contributed by atoms with Crippen molar-refractivity contribution in [3.05, 3.63) is 136 Å². The zero-order valence-electron chi connectivity index (χ0n) is 31.1. The number of nitrogens with one attached hydrogen (secondary N) is 2. The fraction of sp³-hybridized carbons (Fsp3) is 0.275. The number of hydrogen-bond acceptors (Lipinski definition) is 12. The van der Waals surface area contributed by atoms with Crippen LogP contribution in [0.5, 0.6) is 17.2 Å². The number of hydrogen-bond donors (Lipinski definition) is 2. The first-order valence-electron chi connectivity index (χ1n) is 17.9. The van der Waals surface area contributed by atoms with Gasteiger partial charge in [0.25, 0.3) is 5.56 Å². The number of rotatable bonds is 15. The van der Waals surface area contributed by atoms with E-state index in [0.717, 1.165) is 16.7 Å². The molecule has 7 rings (SSSR count). The summed E-state index contributed by atoms with van der Waals surface area (Å²) in [4.78, 5) is 32.6. The van der Waals surface area contributed by atoms with Crippen molar-refractivity contribution in [2.75, 3.05) is 26.1 Å². The summed E-state index contributed by atoms with van der Waals surface area (Å²) in [7, 11) is 0.0682. The molecule has 0 aliphatic carbocycles. The first-order valence-corrected chi connectivity index (χ1v) is 19.1. The van der Waals surface area contributed by atoms with E-state index in [4.69, 9.17) is 28.0 Å². The van der Waals surface area contributed by atoms with Gasteiger partial charge in [-0.3, -0.25) is 24.4 Å². The van der Waals surface area contributed by atoms with E-state index in [1.807, 2.05) is 84.9 Å². The minimum Gasteiger partial charge on any atom is -0.497 e. The second kappa shape index (κ2) is 16.9. The van der Waals surface area contributed by atoms with Crippen molar-refractivity contribution in [2.24, 2.45) is 5.92 Å². The third-order valence-corrected chi connectivity index (χ3v) is 10.2. The zero-order chi connectivity index (χ0) is 39.2. The van der Waals surface area contributed by atoms with E-state index in [9.17, 15) is 14.2 Å². The van der Waals surface area contributed by atoms with Crippen molar-refractivity contribution in [1.29, 1.82) is 0 Å². The molecule has 15 nitrogen and oxygen atoms in total. The molecule has 1 aliphatic rings. The Hall–Kier alpha value is -5.86. The van der Waals surface area contributed by atoms with Gasteiger partial charge < -0.3 is 23.5 Å². The molecule has 1 fully saturated rings. The van der Waals surface area contributed by atoms with Gasteiger partial charge in [0.05, 0.1) is 26.9 Å². The molecule has 0 saturated carbocycles. The monoisotopic (exact) mass is 780 g/mol. The standard InChI is InChI=1S/C40H41N6O9P/c1-25(2)36(47)42-39-41-35-34(37(48)43-39)44-45-46(35)38-33(55-56(49)54-31-13-9-6-10-14-31)23-32(53-38)24-52-40(26-11-7-5-8-12-26,27-15-19-29(50-3)20-16-27)28-17-21-30(51-4)22-18-28/h5-22,25,32-33,38,56H,23-24H2,1-4H3,(H2,41,42,43,47,48)/t32-,33-,38+/m0/s1. The quantitative estimate of drug-likeness (QED) is 0.0883. The summed E-state index contributed by atoms with van der Waals surface area (Å²) in [6.45, 7) is 3.44. The SMILES string of the molecule is COc1ccc(C(OC[C@@H]2C[C@H](O[PH](=O)Oc3ccccc3)[C@H](n3nnc4c(=O)[nH]c(NC(=O)C(C)C)nc43)O2)(c2ccccc2)c2ccc(OC)cc2)cc1. The third-order valence-electron chi connectivity index (χ3n) is 9.34. The number of H-pyrrole nitrogens is 1. The van der Waals surface area contributed by atoms with Crippen LogP contribution in [0.3, 0.4) is 0 Å². The number of methoxy groups -OCH3 is 2. The molecule has 16 heteroatoms. The average Bonchev–Trinajstić information content (AvgIpc) is 3.83. The molecule has 1 saturated heterocycles. The highest BCUT2D eigenvalue weighted by atomic mass is 31.1. The number of carbonyl (C=O) groups excluding carboxylic acids is 1. The minimum atomic E-state index is -3.15. The van der Waals surface area contributed by atoms with E-state index in [1.165, 1.54) is 4.68 Å². The Balaban J connectivity index is 1.26. The number of ether oxygens (including phenoxy) is 4. The Morgan fingerprint density at radius 2 is 1.48 bits per heavy atom. The third kappa shape index (κ3) is 8.07. The van der Waals surface area contributed by atoms with E-state index < -0.39 is 37.9 Å². The average molecular weight is 781 g/mol. The molecule has 290 valence electrons. The van der Waals surface area contributed by atoms with Gasteiger partial charge in [0.2, 0.25) is 11.9 Å². The first kappa shape index (κ1) is 38.4. The molecule has 1 unspecified atom stereocenters. The van der Waals surface area contributed by atoms with Gasteiger partial charge in [0, 0.05) is 12.3 Å². The number of fused-ring (bicyclic) bond motifs is 1. The fourth-order valence-electron chi connectivity index (χ4n) is 6.50. The van der Waals surface area contributed by atoms with Crippen LogP contribution < -0.4 is 24.9 Å². The van der Waals surface area contributed by atoms with Crippen molar-refractivity contribution >= 4 is 31.3 Å². The maximum atomic E-state index is 13.4. The molecule has 1 aliphatic heterocycles. The van der Waals surface area contributed by atoms with Crippen LogP contribution in [0.4, 0.5) is 5.95 Å². The number of carbonyl (C=O) groups is 1. The van der Waals surface area contributed by atoms with E-state index in [1.54, 1.807) is 52.3 Å². The lowest BCUT2D eigenvalue weighted by Gasteiger charge is -2.37. The van der Waals surface area contributed by atoms with Gasteiger partial charge in [-0.2, -0.15) is 9.67 Å². The molecule has 6 aromatic rings. The van der Waals surface area contributed by atoms with Crippen LogP contribution >= 0.6 is 8.25 Å². The van der Waals surface area contributed by atoms with Gasteiger partial charge >= 0.3 is 8.25 Å². The van der Waals surface area contributed by atoms with Crippen LogP contribution in [0.2, 0.25) is 0 Å². The normalized spacial score (nSPS) is 17.5. The molecule has 4 aromatic carbocycles. The van der Waals surface area contributed by atoms with Crippen molar-refractivity contribution in [3.8, 4) is 17.2 Å². The van der Waals surface area contributed by atoms with Gasteiger partial charge in [0.15, 0.2) is 17.4 Å². The van der Waals surface area contributed by atoms with E-state index >= 15 is 0 Å². The van der Waals surface area contributed by atoms with Crippen LogP contribution in [0, 0.1) is 5.92 Å². The summed E-state index contributed by atoms with van der Waals surface area (Å²) in [6.07, 6.45) is -2.50. The Bertz CT molecular complexity index is 2290. The summed E-state index contributed by atoms with van der Waals surface area (Å²) < 4.78 is 51.1. The van der Waals surface area contributed by atoms with Crippen LogP contribution in [0.25, 0.3) is 11.2 Å². The van der Waals surface area contributed by atoms with Crippen molar-refractivity contribution < 1.29 is 37.4 Å². The maximum absolute atomic E-state index is 13.4. The lowest BCUT2D eigenvalue weighted by Crippen LogP contribution is -2.35. The highest BCUT2D eigenvalue weighted by Gasteiger charge is 2.44. The molecule has 56 heavy (non-hydrogen) atoms. The van der Waals surface area contributed by atoms with Crippen LogP contribution in [-0.2, 0) is 29.0 Å². The number of nitrogens with zero attached hydrogens (tertiary/aromatic N) is 4. The van der Waals surface area contributed by atoms with Crippen molar-refractivity contribution in [1.82, 2.24) is 25.0 Å². The summed E-state index contributed by atoms with van der Waals surface area (Å²) in [5, 5.41) is 10.9. The molecule has 4 atom stereocenters. The number of anilines is 1. The second-order valence-electron chi connectivity index (χ2n) is 13.3. The minimum absolute atomic E-state index is 0.0140. The van der Waals surface area contributed by atoms with Crippen molar-refractivity contribution in [3.63, 3.8) is 0 Å². The molecular formula is C40H41N6O9P. The molecule has 2 aromatic heterocycles. The first-order chi connectivity index (χ1) is 27.2. The molecule has 2 N–H and O–H groups in total. The molecule has 0 spiro atoms. The lowest BCUT2D eigenvalue weighted by molar-refractivity contribution is -0.118. The Morgan fingerprint density at radius 1 is 0.893 bits per heavy atom. The number of para-hydroxylation sites is 1. The van der Waals surface area contributed by atoms with E-state index in [0.29, 0.717) is 17.2 Å². The number of aromatic amines is 1. The predicted octanol–water partition coefficient (Wildman–Crippen LogP) is 6.28. The van der Waals surface area contributed by atoms with Gasteiger partial charge in [-0.25, -0.2) is 4.57 Å². The summed E-state index contributed by atoms with van der Waals surface area (Å²) in [5.74, 6) is 0.904. The van der Waals surface area contributed by atoms with E-state index in [-0.39, 0.29) is 42.0 Å². The zero-order valence-corrected chi connectivity index (χ0v) is 32.1. The summed E-state index contributed by atoms with van der Waals surface area (Å²) >= 11 is 0. The Labute approximate surface area is 322 Å².